The zero-order chi connectivity index (χ0) is 14.3. The number of anilines is 2. The molecule has 4 nitrogen and oxygen atoms in total. The molecule has 0 spiro atoms. The average Bonchev–Trinajstić information content (AvgIpc) is 2.96. The topological polar surface area (TPSA) is 47.1 Å². The molecule has 20 heavy (non-hydrogen) atoms. The van der Waals surface area contributed by atoms with Gasteiger partial charge in [-0.05, 0) is 43.0 Å². The lowest BCUT2D eigenvalue weighted by Gasteiger charge is -2.20. The molecule has 2 N–H and O–H groups in total. The Hall–Kier alpha value is -1.97. The lowest BCUT2D eigenvalue weighted by molar-refractivity contribution is 0.680. The summed E-state index contributed by atoms with van der Waals surface area (Å²) in [7, 11) is 2.02. The molecule has 0 saturated heterocycles. The molecule has 0 saturated carbocycles. The molecular formula is C16H22N4. The minimum Gasteiger partial charge on any atom is -0.398 e. The maximum atomic E-state index is 6.06. The van der Waals surface area contributed by atoms with Crippen LogP contribution in [0.3, 0.4) is 0 Å². The predicted molar refractivity (Wildman–Crippen MR) is 82.9 cm³/mol. The first kappa shape index (κ1) is 13.0. The number of benzene rings is 1. The molecule has 1 aromatic carbocycles. The van der Waals surface area contributed by atoms with Gasteiger partial charge < -0.3 is 10.6 Å². The monoisotopic (exact) mass is 270 g/mol. The van der Waals surface area contributed by atoms with Crippen LogP contribution in [0.5, 0.6) is 0 Å². The highest BCUT2D eigenvalue weighted by molar-refractivity contribution is 5.67. The molecule has 4 heteroatoms. The summed E-state index contributed by atoms with van der Waals surface area (Å²) in [4.78, 5) is 2.40. The van der Waals surface area contributed by atoms with Crippen molar-refractivity contribution in [3.63, 3.8) is 0 Å². The van der Waals surface area contributed by atoms with Gasteiger partial charge in [-0.15, -0.1) is 0 Å². The molecule has 3 rings (SSSR count). The molecule has 1 aliphatic heterocycles. The van der Waals surface area contributed by atoms with Crippen LogP contribution in [0.2, 0.25) is 0 Å². The summed E-state index contributed by atoms with van der Waals surface area (Å²) in [5.41, 5.74) is 13.2. The Kier molecular flexibility index (Phi) is 3.16. The molecule has 0 bridgehead atoms. The van der Waals surface area contributed by atoms with Crippen LogP contribution >= 0.6 is 0 Å². The Morgan fingerprint density at radius 2 is 2.10 bits per heavy atom. The SMILES string of the molecule is CCc1cc(CN2CCc3cc(C)c(N)cc32)n(C)n1. The van der Waals surface area contributed by atoms with E-state index < -0.39 is 0 Å². The lowest BCUT2D eigenvalue weighted by Crippen LogP contribution is -2.21. The standard InChI is InChI=1S/C16H22N4/c1-4-13-8-14(19(3)18-13)10-20-6-5-12-7-11(2)15(17)9-16(12)20/h7-9H,4-6,10,17H2,1-3H3. The van der Waals surface area contributed by atoms with E-state index in [1.54, 1.807) is 0 Å². The van der Waals surface area contributed by atoms with Crippen molar-refractivity contribution in [2.45, 2.75) is 33.2 Å². The third-order valence-electron chi connectivity index (χ3n) is 4.20. The first-order chi connectivity index (χ1) is 9.58. The van der Waals surface area contributed by atoms with Crippen molar-refractivity contribution in [3.8, 4) is 0 Å². The molecule has 1 aromatic heterocycles. The maximum Gasteiger partial charge on any atom is 0.0625 e. The van der Waals surface area contributed by atoms with E-state index in [2.05, 4.69) is 42.0 Å². The van der Waals surface area contributed by atoms with Crippen LogP contribution in [-0.4, -0.2) is 16.3 Å². The van der Waals surface area contributed by atoms with E-state index in [0.717, 1.165) is 37.3 Å². The second kappa shape index (κ2) is 4.85. The summed E-state index contributed by atoms with van der Waals surface area (Å²) in [5.74, 6) is 0. The fraction of sp³-hybridized carbons (Fsp3) is 0.438. The summed E-state index contributed by atoms with van der Waals surface area (Å²) in [5, 5.41) is 4.52. The highest BCUT2D eigenvalue weighted by atomic mass is 15.3. The second-order valence-corrected chi connectivity index (χ2v) is 5.61. The van der Waals surface area contributed by atoms with Crippen LogP contribution in [0.4, 0.5) is 11.4 Å². The summed E-state index contributed by atoms with van der Waals surface area (Å²) in [6, 6.07) is 6.55. The average molecular weight is 270 g/mol. The minimum atomic E-state index is 0.884. The van der Waals surface area contributed by atoms with Gasteiger partial charge in [-0.2, -0.15) is 5.10 Å². The smallest absolute Gasteiger partial charge is 0.0625 e. The van der Waals surface area contributed by atoms with Gasteiger partial charge in [-0.1, -0.05) is 13.0 Å². The number of nitrogens with two attached hydrogens (primary N) is 1. The van der Waals surface area contributed by atoms with E-state index in [4.69, 9.17) is 5.73 Å². The normalized spacial score (nSPS) is 13.8. The Bertz CT molecular complexity index is 642. The number of hydrogen-bond acceptors (Lipinski definition) is 3. The van der Waals surface area contributed by atoms with Gasteiger partial charge in [-0.25, -0.2) is 0 Å². The van der Waals surface area contributed by atoms with Crippen molar-refractivity contribution < 1.29 is 0 Å². The van der Waals surface area contributed by atoms with Crippen LogP contribution < -0.4 is 10.6 Å². The molecule has 2 heterocycles. The fourth-order valence-corrected chi connectivity index (χ4v) is 2.89. The van der Waals surface area contributed by atoms with Gasteiger partial charge in [0.2, 0.25) is 0 Å². The number of aromatic nitrogens is 2. The van der Waals surface area contributed by atoms with Gasteiger partial charge in [0.05, 0.1) is 17.9 Å². The molecule has 0 amide bonds. The molecular weight excluding hydrogens is 248 g/mol. The highest BCUT2D eigenvalue weighted by Gasteiger charge is 2.21. The molecule has 0 aliphatic carbocycles. The predicted octanol–water partition coefficient (Wildman–Crippen LogP) is 2.44. The number of nitrogen functional groups attached to an aromatic ring is 1. The van der Waals surface area contributed by atoms with Crippen LogP contribution in [0.1, 0.15) is 29.4 Å². The number of fused-ring (bicyclic) bond motifs is 1. The Morgan fingerprint density at radius 3 is 2.80 bits per heavy atom. The van der Waals surface area contributed by atoms with Crippen molar-refractivity contribution in [1.29, 1.82) is 0 Å². The van der Waals surface area contributed by atoms with Gasteiger partial charge in [0.25, 0.3) is 0 Å². The number of nitrogens with zero attached hydrogens (tertiary/aromatic N) is 3. The van der Waals surface area contributed by atoms with Gasteiger partial charge in [0, 0.05) is 25.0 Å². The van der Waals surface area contributed by atoms with Crippen LogP contribution in [-0.2, 0) is 26.4 Å². The molecule has 106 valence electrons. The first-order valence-electron chi connectivity index (χ1n) is 7.24. The van der Waals surface area contributed by atoms with Crippen LogP contribution in [0, 0.1) is 6.92 Å². The van der Waals surface area contributed by atoms with E-state index in [0.29, 0.717) is 0 Å². The maximum absolute atomic E-state index is 6.06. The zero-order valence-corrected chi connectivity index (χ0v) is 12.5. The minimum absolute atomic E-state index is 0.884. The molecule has 0 atom stereocenters. The molecule has 0 fully saturated rings. The van der Waals surface area contributed by atoms with Crippen molar-refractivity contribution in [3.05, 3.63) is 40.7 Å². The zero-order valence-electron chi connectivity index (χ0n) is 12.5. The van der Waals surface area contributed by atoms with Gasteiger partial charge in [-0.3, -0.25) is 4.68 Å². The molecule has 1 aliphatic rings. The summed E-state index contributed by atoms with van der Waals surface area (Å²) in [6.07, 6.45) is 2.09. The largest absolute Gasteiger partial charge is 0.398 e. The van der Waals surface area contributed by atoms with Crippen LogP contribution in [0.25, 0.3) is 0 Å². The summed E-state index contributed by atoms with van der Waals surface area (Å²) < 4.78 is 1.99. The first-order valence-corrected chi connectivity index (χ1v) is 7.24. The van der Waals surface area contributed by atoms with E-state index >= 15 is 0 Å². The number of rotatable bonds is 3. The van der Waals surface area contributed by atoms with Gasteiger partial charge >= 0.3 is 0 Å². The Labute approximate surface area is 120 Å². The third kappa shape index (κ3) is 2.15. The van der Waals surface area contributed by atoms with E-state index in [9.17, 15) is 0 Å². The lowest BCUT2D eigenvalue weighted by atomic mass is 10.1. The quantitative estimate of drug-likeness (QED) is 0.871. The van der Waals surface area contributed by atoms with Crippen LogP contribution in [0.15, 0.2) is 18.2 Å². The number of hydrogen-bond donors (Lipinski definition) is 1. The molecule has 0 radical (unpaired) electrons. The Morgan fingerprint density at radius 1 is 1.30 bits per heavy atom. The van der Waals surface area contributed by atoms with Crippen molar-refractivity contribution in [2.75, 3.05) is 17.2 Å². The van der Waals surface area contributed by atoms with Crippen molar-refractivity contribution >= 4 is 11.4 Å². The second-order valence-electron chi connectivity index (χ2n) is 5.61. The number of aryl methyl sites for hydroxylation is 3. The van der Waals surface area contributed by atoms with Crippen molar-refractivity contribution in [2.24, 2.45) is 7.05 Å². The fourth-order valence-electron chi connectivity index (χ4n) is 2.89. The summed E-state index contributed by atoms with van der Waals surface area (Å²) >= 11 is 0. The van der Waals surface area contributed by atoms with E-state index in [1.165, 1.54) is 22.5 Å². The van der Waals surface area contributed by atoms with Gasteiger partial charge in [0.1, 0.15) is 0 Å². The third-order valence-corrected chi connectivity index (χ3v) is 4.20. The van der Waals surface area contributed by atoms with E-state index in [1.807, 2.05) is 11.7 Å². The molecule has 2 aromatic rings. The van der Waals surface area contributed by atoms with Gasteiger partial charge in [0.15, 0.2) is 0 Å². The highest BCUT2D eigenvalue weighted by Crippen LogP contribution is 2.33. The Balaban J connectivity index is 1.88. The summed E-state index contributed by atoms with van der Waals surface area (Å²) in [6.45, 7) is 6.18. The van der Waals surface area contributed by atoms with Crippen molar-refractivity contribution in [1.82, 2.24) is 9.78 Å². The molecule has 0 unspecified atom stereocenters. The van der Waals surface area contributed by atoms with E-state index in [-0.39, 0.29) is 0 Å².